The highest BCUT2D eigenvalue weighted by atomic mass is 32.2. The Labute approximate surface area is 153 Å². The smallest absolute Gasteiger partial charge is 0.326 e. The monoisotopic (exact) mass is 381 g/mol. The normalized spacial score (nSPS) is 17.0. The van der Waals surface area contributed by atoms with E-state index in [0.29, 0.717) is 5.75 Å². The van der Waals surface area contributed by atoms with Crippen LogP contribution in [-0.2, 0) is 14.4 Å². The van der Waals surface area contributed by atoms with Gasteiger partial charge in [-0.15, -0.1) is 0 Å². The minimum Gasteiger partial charge on any atom is -0.497 e. The van der Waals surface area contributed by atoms with Gasteiger partial charge in [-0.2, -0.15) is 0 Å². The van der Waals surface area contributed by atoms with Gasteiger partial charge in [-0.25, -0.2) is 4.79 Å². The lowest BCUT2D eigenvalue weighted by molar-refractivity contribution is -0.146. The number of benzene rings is 1. The first-order chi connectivity index (χ1) is 11.8. The molecule has 1 fully saturated rings. The van der Waals surface area contributed by atoms with Gasteiger partial charge in [-0.05, 0) is 30.2 Å². The van der Waals surface area contributed by atoms with Crippen LogP contribution in [0.3, 0.4) is 0 Å². The van der Waals surface area contributed by atoms with E-state index in [2.05, 4.69) is 0 Å². The van der Waals surface area contributed by atoms with Gasteiger partial charge in [-0.1, -0.05) is 36.1 Å². The Kier molecular flexibility index (Phi) is 6.16. The molecule has 7 nitrogen and oxygen atoms in total. The Morgan fingerprint density at radius 1 is 1.32 bits per heavy atom. The topological polar surface area (TPSA) is 104 Å². The number of ether oxygens (including phenoxy) is 1. The summed E-state index contributed by atoms with van der Waals surface area (Å²) in [6.07, 6.45) is 1.02. The molecule has 1 unspecified atom stereocenters. The fourth-order valence-electron chi connectivity index (χ4n) is 2.22. The van der Waals surface area contributed by atoms with E-state index in [1.165, 1.54) is 0 Å². The minimum atomic E-state index is -1.30. The maximum absolute atomic E-state index is 12.5. The van der Waals surface area contributed by atoms with Crippen molar-refractivity contribution in [3.05, 3.63) is 34.7 Å². The van der Waals surface area contributed by atoms with Crippen LogP contribution in [0.15, 0.2) is 29.2 Å². The third-order valence-corrected chi connectivity index (χ3v) is 4.80. The van der Waals surface area contributed by atoms with Gasteiger partial charge in [-0.3, -0.25) is 14.5 Å². The molecule has 0 spiro atoms. The van der Waals surface area contributed by atoms with Crippen molar-refractivity contribution >= 4 is 52.2 Å². The van der Waals surface area contributed by atoms with Crippen molar-refractivity contribution in [2.24, 2.45) is 0 Å². The summed E-state index contributed by atoms with van der Waals surface area (Å²) in [6, 6.07) is 5.68. The predicted octanol–water partition coefficient (Wildman–Crippen LogP) is 2.21. The first kappa shape index (κ1) is 18.9. The van der Waals surface area contributed by atoms with E-state index in [-0.39, 0.29) is 22.1 Å². The molecule has 0 bridgehead atoms. The standard InChI is InChI=1S/C16H15NO6S2/c1-23-10-4-2-9(3-5-10)8-12-14(20)17(16(24)25-12)11(15(21)22)6-7-13(18)19/h2-5,8,11H,6-7H2,1H3,(H,18,19)(H,21,22)/b12-8-. The molecule has 1 saturated heterocycles. The number of aliphatic carboxylic acids is 2. The summed E-state index contributed by atoms with van der Waals surface area (Å²) >= 11 is 6.12. The molecule has 1 aliphatic rings. The lowest BCUT2D eigenvalue weighted by atomic mass is 10.1. The number of carbonyl (C=O) groups is 3. The second-order valence-electron chi connectivity index (χ2n) is 5.11. The number of amides is 1. The van der Waals surface area contributed by atoms with Crippen LogP contribution in [0.5, 0.6) is 5.75 Å². The molecule has 2 rings (SSSR count). The molecule has 1 aliphatic heterocycles. The number of carboxylic acid groups (broad SMARTS) is 2. The first-order valence-corrected chi connectivity index (χ1v) is 8.41. The number of methoxy groups -OCH3 is 1. The zero-order valence-corrected chi connectivity index (χ0v) is 14.8. The summed E-state index contributed by atoms with van der Waals surface area (Å²) in [4.78, 5) is 36.0. The van der Waals surface area contributed by atoms with Gasteiger partial charge >= 0.3 is 11.9 Å². The average molecular weight is 381 g/mol. The predicted molar refractivity (Wildman–Crippen MR) is 96.3 cm³/mol. The molecule has 0 radical (unpaired) electrons. The van der Waals surface area contributed by atoms with Gasteiger partial charge in [0.25, 0.3) is 5.91 Å². The molecule has 9 heteroatoms. The van der Waals surface area contributed by atoms with Crippen molar-refractivity contribution in [2.45, 2.75) is 18.9 Å². The number of carbonyl (C=O) groups excluding carboxylic acids is 1. The van der Waals surface area contributed by atoms with Crippen LogP contribution >= 0.6 is 24.0 Å². The Morgan fingerprint density at radius 2 is 1.96 bits per heavy atom. The second-order valence-corrected chi connectivity index (χ2v) is 6.79. The van der Waals surface area contributed by atoms with Crippen LogP contribution in [0.2, 0.25) is 0 Å². The van der Waals surface area contributed by atoms with E-state index in [1.54, 1.807) is 37.5 Å². The van der Waals surface area contributed by atoms with E-state index in [9.17, 15) is 19.5 Å². The van der Waals surface area contributed by atoms with Crippen molar-refractivity contribution in [1.82, 2.24) is 4.90 Å². The van der Waals surface area contributed by atoms with Crippen LogP contribution in [0.4, 0.5) is 0 Å². The molecule has 0 aromatic heterocycles. The number of hydrogen-bond acceptors (Lipinski definition) is 6. The van der Waals surface area contributed by atoms with Crippen LogP contribution in [0, 0.1) is 0 Å². The first-order valence-electron chi connectivity index (χ1n) is 7.19. The summed E-state index contributed by atoms with van der Waals surface area (Å²) in [7, 11) is 1.54. The molecule has 132 valence electrons. The number of nitrogens with zero attached hydrogens (tertiary/aromatic N) is 1. The number of hydrogen-bond donors (Lipinski definition) is 2. The Morgan fingerprint density at radius 3 is 2.48 bits per heavy atom. The van der Waals surface area contributed by atoms with Crippen molar-refractivity contribution in [1.29, 1.82) is 0 Å². The second kappa shape index (κ2) is 8.13. The summed E-state index contributed by atoms with van der Waals surface area (Å²) in [5, 5.41) is 18.1. The summed E-state index contributed by atoms with van der Waals surface area (Å²) in [5.41, 5.74) is 0.735. The Hall–Kier alpha value is -2.39. The van der Waals surface area contributed by atoms with E-state index >= 15 is 0 Å². The maximum Gasteiger partial charge on any atom is 0.326 e. The van der Waals surface area contributed by atoms with Crippen molar-refractivity contribution < 1.29 is 29.3 Å². The molecule has 1 aromatic carbocycles. The quantitative estimate of drug-likeness (QED) is 0.547. The maximum atomic E-state index is 12.5. The highest BCUT2D eigenvalue weighted by molar-refractivity contribution is 8.26. The molecule has 1 heterocycles. The number of rotatable bonds is 7. The van der Waals surface area contributed by atoms with Crippen LogP contribution in [-0.4, -0.2) is 50.4 Å². The van der Waals surface area contributed by atoms with Gasteiger partial charge < -0.3 is 14.9 Å². The molecular weight excluding hydrogens is 366 g/mol. The highest BCUT2D eigenvalue weighted by Gasteiger charge is 2.40. The van der Waals surface area contributed by atoms with Crippen molar-refractivity contribution in [3.8, 4) is 5.75 Å². The number of carboxylic acids is 2. The fourth-order valence-corrected chi connectivity index (χ4v) is 3.58. The van der Waals surface area contributed by atoms with Crippen LogP contribution in [0.25, 0.3) is 6.08 Å². The van der Waals surface area contributed by atoms with E-state index in [4.69, 9.17) is 22.1 Å². The van der Waals surface area contributed by atoms with Gasteiger partial charge in [0.15, 0.2) is 0 Å². The molecule has 1 amide bonds. The van der Waals surface area contributed by atoms with Crippen molar-refractivity contribution in [2.75, 3.05) is 7.11 Å². The van der Waals surface area contributed by atoms with Gasteiger partial charge in [0.1, 0.15) is 16.1 Å². The minimum absolute atomic E-state index is 0.0996. The molecule has 1 aromatic rings. The lowest BCUT2D eigenvalue weighted by Crippen LogP contribution is -2.44. The Bertz CT molecular complexity index is 743. The fraction of sp³-hybridized carbons (Fsp3) is 0.250. The molecule has 1 atom stereocenters. The van der Waals surface area contributed by atoms with Crippen molar-refractivity contribution in [3.63, 3.8) is 0 Å². The molecule has 0 aliphatic carbocycles. The van der Waals surface area contributed by atoms with Gasteiger partial charge in [0.05, 0.1) is 12.0 Å². The third kappa shape index (κ3) is 4.58. The summed E-state index contributed by atoms with van der Waals surface area (Å²) in [5.74, 6) is -2.29. The number of thioether (sulfide) groups is 1. The van der Waals surface area contributed by atoms with Crippen LogP contribution < -0.4 is 4.74 Å². The summed E-state index contributed by atoms with van der Waals surface area (Å²) in [6.45, 7) is 0. The van der Waals surface area contributed by atoms with E-state index in [1.807, 2.05) is 0 Å². The van der Waals surface area contributed by atoms with E-state index in [0.717, 1.165) is 22.2 Å². The molecular formula is C16H15NO6S2. The Balaban J connectivity index is 2.23. The molecule has 25 heavy (non-hydrogen) atoms. The zero-order chi connectivity index (χ0) is 18.6. The van der Waals surface area contributed by atoms with Gasteiger partial charge in [0.2, 0.25) is 0 Å². The van der Waals surface area contributed by atoms with Gasteiger partial charge in [0, 0.05) is 6.42 Å². The highest BCUT2D eigenvalue weighted by Crippen LogP contribution is 2.35. The summed E-state index contributed by atoms with van der Waals surface area (Å²) < 4.78 is 5.16. The largest absolute Gasteiger partial charge is 0.497 e. The zero-order valence-electron chi connectivity index (χ0n) is 13.2. The molecule has 2 N–H and O–H groups in total. The van der Waals surface area contributed by atoms with Crippen LogP contribution in [0.1, 0.15) is 18.4 Å². The third-order valence-electron chi connectivity index (χ3n) is 3.47. The molecule has 0 saturated carbocycles. The average Bonchev–Trinajstić information content (AvgIpc) is 2.83. The lowest BCUT2D eigenvalue weighted by Gasteiger charge is -2.22. The SMILES string of the molecule is COc1ccc(/C=C2\SC(=S)N(C(CCC(=O)O)C(=O)O)C2=O)cc1. The number of thiocarbonyl (C=S) groups is 1. The van der Waals surface area contributed by atoms with E-state index < -0.39 is 23.9 Å².